The summed E-state index contributed by atoms with van der Waals surface area (Å²) in [5.41, 5.74) is 7.36. The van der Waals surface area contributed by atoms with Gasteiger partial charge in [0.15, 0.2) is 0 Å². The molecule has 1 aliphatic rings. The molecule has 5 nitrogen and oxygen atoms in total. The van der Waals surface area contributed by atoms with Crippen LogP contribution in [0.2, 0.25) is 0 Å². The first-order valence-electron chi connectivity index (χ1n) is 8.06. The molecule has 1 aromatic rings. The Labute approximate surface area is 128 Å². The summed E-state index contributed by atoms with van der Waals surface area (Å²) in [6.07, 6.45) is 6.56. The van der Waals surface area contributed by atoms with Crippen LogP contribution in [0.3, 0.4) is 0 Å². The summed E-state index contributed by atoms with van der Waals surface area (Å²) in [5.74, 6) is 0.811. The van der Waals surface area contributed by atoms with Crippen LogP contribution < -0.4 is 5.73 Å². The Kier molecular flexibility index (Phi) is 5.79. The molecule has 2 unspecified atom stereocenters. The fourth-order valence-electron chi connectivity index (χ4n) is 3.12. The van der Waals surface area contributed by atoms with Gasteiger partial charge in [-0.1, -0.05) is 0 Å². The summed E-state index contributed by atoms with van der Waals surface area (Å²) < 4.78 is 7.54. The van der Waals surface area contributed by atoms with Gasteiger partial charge in [-0.25, -0.2) is 4.98 Å². The minimum atomic E-state index is 0.209. The molecule has 0 aliphatic heterocycles. The zero-order valence-electron chi connectivity index (χ0n) is 13.8. The van der Waals surface area contributed by atoms with Gasteiger partial charge in [-0.05, 0) is 39.5 Å². The van der Waals surface area contributed by atoms with Gasteiger partial charge in [0.1, 0.15) is 0 Å². The molecule has 5 heteroatoms. The minimum Gasteiger partial charge on any atom is -0.383 e. The topological polar surface area (TPSA) is 56.3 Å². The SMILES string of the molecule is COCCN(C(CN)c1cncn1C(C)C)C(C)C1CC1. The number of nitrogens with two attached hydrogens (primary N) is 1. The van der Waals surface area contributed by atoms with Crippen molar-refractivity contribution in [3.8, 4) is 0 Å². The summed E-state index contributed by atoms with van der Waals surface area (Å²) >= 11 is 0. The average Bonchev–Trinajstić information content (AvgIpc) is 3.20. The highest BCUT2D eigenvalue weighted by Crippen LogP contribution is 2.38. The van der Waals surface area contributed by atoms with E-state index in [0.717, 1.165) is 19.1 Å². The van der Waals surface area contributed by atoms with E-state index >= 15 is 0 Å². The molecule has 1 saturated carbocycles. The molecule has 2 atom stereocenters. The minimum absolute atomic E-state index is 0.209. The van der Waals surface area contributed by atoms with E-state index in [1.807, 2.05) is 12.5 Å². The first kappa shape index (κ1) is 16.5. The number of methoxy groups -OCH3 is 1. The summed E-state index contributed by atoms with van der Waals surface area (Å²) in [6.45, 7) is 8.96. The Bertz CT molecular complexity index is 428. The molecule has 0 spiro atoms. The smallest absolute Gasteiger partial charge is 0.0951 e. The second-order valence-electron chi connectivity index (χ2n) is 6.38. The predicted molar refractivity (Wildman–Crippen MR) is 85.2 cm³/mol. The first-order chi connectivity index (χ1) is 10.1. The Morgan fingerprint density at radius 1 is 1.43 bits per heavy atom. The summed E-state index contributed by atoms with van der Waals surface area (Å²) in [6, 6.07) is 1.15. The molecule has 120 valence electrons. The molecule has 0 amide bonds. The van der Waals surface area contributed by atoms with Gasteiger partial charge in [-0.15, -0.1) is 0 Å². The standard InChI is InChI=1S/C16H30N4O/c1-12(2)20-11-18-10-16(20)15(9-17)19(7-8-21-4)13(3)14-5-6-14/h10-15H,5-9,17H2,1-4H3. The Balaban J connectivity index is 2.22. The molecular formula is C16H30N4O. The van der Waals surface area contributed by atoms with Crippen LogP contribution in [-0.4, -0.2) is 47.3 Å². The maximum atomic E-state index is 6.14. The van der Waals surface area contributed by atoms with Gasteiger partial charge in [0, 0.05) is 38.5 Å². The van der Waals surface area contributed by atoms with Crippen molar-refractivity contribution in [3.63, 3.8) is 0 Å². The third-order valence-electron chi connectivity index (χ3n) is 4.60. The maximum absolute atomic E-state index is 6.14. The van der Waals surface area contributed by atoms with Crippen molar-refractivity contribution in [2.45, 2.75) is 51.7 Å². The lowest BCUT2D eigenvalue weighted by Crippen LogP contribution is -2.43. The molecule has 0 radical (unpaired) electrons. The van der Waals surface area contributed by atoms with E-state index in [9.17, 15) is 0 Å². The van der Waals surface area contributed by atoms with Crippen LogP contribution in [0.15, 0.2) is 12.5 Å². The van der Waals surface area contributed by atoms with E-state index in [-0.39, 0.29) is 6.04 Å². The predicted octanol–water partition coefficient (Wildman–Crippen LogP) is 2.21. The monoisotopic (exact) mass is 294 g/mol. The van der Waals surface area contributed by atoms with Crippen molar-refractivity contribution < 1.29 is 4.74 Å². The molecule has 1 aromatic heterocycles. The van der Waals surface area contributed by atoms with Gasteiger partial charge >= 0.3 is 0 Å². The lowest BCUT2D eigenvalue weighted by atomic mass is 10.1. The van der Waals surface area contributed by atoms with Gasteiger partial charge < -0.3 is 15.0 Å². The summed E-state index contributed by atoms with van der Waals surface area (Å²) in [5, 5.41) is 0. The number of ether oxygens (including phenoxy) is 1. The molecule has 0 saturated heterocycles. The normalized spacial score (nSPS) is 18.4. The molecule has 2 N–H and O–H groups in total. The molecule has 21 heavy (non-hydrogen) atoms. The number of rotatable bonds is 9. The first-order valence-corrected chi connectivity index (χ1v) is 8.06. The fraction of sp³-hybridized carbons (Fsp3) is 0.812. The van der Waals surface area contributed by atoms with Crippen LogP contribution in [0.1, 0.15) is 51.4 Å². The lowest BCUT2D eigenvalue weighted by Gasteiger charge is -2.36. The zero-order chi connectivity index (χ0) is 15.4. The van der Waals surface area contributed by atoms with Gasteiger partial charge in [-0.2, -0.15) is 0 Å². The zero-order valence-corrected chi connectivity index (χ0v) is 13.8. The highest BCUT2D eigenvalue weighted by molar-refractivity contribution is 5.09. The molecular weight excluding hydrogens is 264 g/mol. The molecule has 0 bridgehead atoms. The second kappa shape index (κ2) is 7.38. The fourth-order valence-corrected chi connectivity index (χ4v) is 3.12. The molecule has 1 fully saturated rings. The van der Waals surface area contributed by atoms with E-state index < -0.39 is 0 Å². The van der Waals surface area contributed by atoms with E-state index in [1.165, 1.54) is 18.5 Å². The highest BCUT2D eigenvalue weighted by atomic mass is 16.5. The highest BCUT2D eigenvalue weighted by Gasteiger charge is 2.36. The van der Waals surface area contributed by atoms with Crippen molar-refractivity contribution in [1.29, 1.82) is 0 Å². The molecule has 2 rings (SSSR count). The van der Waals surface area contributed by atoms with Crippen LogP contribution in [0, 0.1) is 5.92 Å². The van der Waals surface area contributed by atoms with Crippen LogP contribution >= 0.6 is 0 Å². The van der Waals surface area contributed by atoms with Crippen molar-refractivity contribution in [2.75, 3.05) is 26.8 Å². The number of nitrogens with zero attached hydrogens (tertiary/aromatic N) is 3. The van der Waals surface area contributed by atoms with Crippen LogP contribution in [0.5, 0.6) is 0 Å². The number of hydrogen-bond acceptors (Lipinski definition) is 4. The number of aromatic nitrogens is 2. The van der Waals surface area contributed by atoms with Crippen molar-refractivity contribution in [2.24, 2.45) is 11.7 Å². The van der Waals surface area contributed by atoms with Gasteiger partial charge in [-0.3, -0.25) is 4.90 Å². The van der Waals surface area contributed by atoms with E-state index in [4.69, 9.17) is 10.5 Å². The van der Waals surface area contributed by atoms with Crippen molar-refractivity contribution in [3.05, 3.63) is 18.2 Å². The lowest BCUT2D eigenvalue weighted by molar-refractivity contribution is 0.0801. The Hall–Kier alpha value is -0.910. The second-order valence-corrected chi connectivity index (χ2v) is 6.38. The average molecular weight is 294 g/mol. The van der Waals surface area contributed by atoms with Crippen LogP contribution in [0.4, 0.5) is 0 Å². The summed E-state index contributed by atoms with van der Waals surface area (Å²) in [7, 11) is 1.76. The molecule has 1 heterocycles. The molecule has 0 aromatic carbocycles. The van der Waals surface area contributed by atoms with Crippen LogP contribution in [0.25, 0.3) is 0 Å². The van der Waals surface area contributed by atoms with Gasteiger partial charge in [0.2, 0.25) is 0 Å². The van der Waals surface area contributed by atoms with E-state index in [2.05, 4.69) is 35.2 Å². The third-order valence-corrected chi connectivity index (χ3v) is 4.60. The Morgan fingerprint density at radius 2 is 2.14 bits per heavy atom. The van der Waals surface area contributed by atoms with Crippen molar-refractivity contribution >= 4 is 0 Å². The quantitative estimate of drug-likeness (QED) is 0.758. The maximum Gasteiger partial charge on any atom is 0.0951 e. The van der Waals surface area contributed by atoms with Gasteiger partial charge in [0.05, 0.1) is 24.7 Å². The number of hydrogen-bond donors (Lipinski definition) is 1. The van der Waals surface area contributed by atoms with Gasteiger partial charge in [0.25, 0.3) is 0 Å². The largest absolute Gasteiger partial charge is 0.383 e. The summed E-state index contributed by atoms with van der Waals surface area (Å²) in [4.78, 5) is 6.86. The van der Waals surface area contributed by atoms with E-state index in [1.54, 1.807) is 7.11 Å². The number of imidazole rings is 1. The third kappa shape index (κ3) is 3.84. The van der Waals surface area contributed by atoms with Crippen molar-refractivity contribution in [1.82, 2.24) is 14.5 Å². The Morgan fingerprint density at radius 3 is 2.67 bits per heavy atom. The van der Waals surface area contributed by atoms with E-state index in [0.29, 0.717) is 18.6 Å². The molecule has 1 aliphatic carbocycles. The van der Waals surface area contributed by atoms with Crippen LogP contribution in [-0.2, 0) is 4.74 Å².